The molecule has 1 aliphatic rings. The minimum absolute atomic E-state index is 0.0280. The average Bonchev–Trinajstić information content (AvgIpc) is 2.94. The van der Waals surface area contributed by atoms with E-state index in [1.807, 2.05) is 11.5 Å². The molecule has 0 saturated heterocycles. The lowest BCUT2D eigenvalue weighted by Gasteiger charge is -2.32. The highest BCUT2D eigenvalue weighted by molar-refractivity contribution is 5.79. The van der Waals surface area contributed by atoms with Crippen LogP contribution in [-0.4, -0.2) is 49.2 Å². The molecule has 1 amide bonds. The molecule has 0 unspecified atom stereocenters. The zero-order chi connectivity index (χ0) is 18.1. The van der Waals surface area contributed by atoms with Gasteiger partial charge in [-0.2, -0.15) is 0 Å². The van der Waals surface area contributed by atoms with Gasteiger partial charge in [-0.15, -0.1) is 10.2 Å². The molecule has 0 aromatic carbocycles. The number of aryl methyl sites for hydroxylation is 2. The SMILES string of the molecule is COCc1nnc2n1[C@@H](C)CN(C(=O)Cc1c(C)nc(C)[nH]c1=O)C2. The van der Waals surface area contributed by atoms with E-state index >= 15 is 0 Å². The molecule has 0 radical (unpaired) electrons. The number of H-pyrrole nitrogens is 1. The molecule has 1 aliphatic heterocycles. The van der Waals surface area contributed by atoms with Crippen molar-refractivity contribution in [3.63, 3.8) is 0 Å². The molecule has 0 spiro atoms. The van der Waals surface area contributed by atoms with Crippen LogP contribution in [0.2, 0.25) is 0 Å². The summed E-state index contributed by atoms with van der Waals surface area (Å²) in [5.74, 6) is 1.91. The third-order valence-corrected chi connectivity index (χ3v) is 4.39. The molecule has 0 fully saturated rings. The zero-order valence-electron chi connectivity index (χ0n) is 14.9. The van der Waals surface area contributed by atoms with Gasteiger partial charge in [-0.25, -0.2) is 4.98 Å². The quantitative estimate of drug-likeness (QED) is 0.852. The second-order valence-corrected chi connectivity index (χ2v) is 6.35. The topological polar surface area (TPSA) is 106 Å². The first-order valence-corrected chi connectivity index (χ1v) is 8.16. The summed E-state index contributed by atoms with van der Waals surface area (Å²) >= 11 is 0. The van der Waals surface area contributed by atoms with E-state index in [2.05, 4.69) is 20.2 Å². The first kappa shape index (κ1) is 17.3. The van der Waals surface area contributed by atoms with E-state index in [4.69, 9.17) is 4.74 Å². The van der Waals surface area contributed by atoms with Crippen molar-refractivity contribution in [2.75, 3.05) is 13.7 Å². The Hall–Kier alpha value is -2.55. The Morgan fingerprint density at radius 2 is 2.12 bits per heavy atom. The number of aromatic nitrogens is 5. The largest absolute Gasteiger partial charge is 0.377 e. The summed E-state index contributed by atoms with van der Waals surface area (Å²) in [4.78, 5) is 33.4. The fourth-order valence-corrected chi connectivity index (χ4v) is 3.25. The third-order valence-electron chi connectivity index (χ3n) is 4.39. The molecule has 0 aliphatic carbocycles. The summed E-state index contributed by atoms with van der Waals surface area (Å²) in [6.45, 7) is 6.77. The number of carbonyl (C=O) groups excluding carboxylic acids is 1. The molecule has 0 saturated carbocycles. The van der Waals surface area contributed by atoms with Crippen LogP contribution in [0.3, 0.4) is 0 Å². The Balaban J connectivity index is 1.79. The Kier molecular flexibility index (Phi) is 4.67. The van der Waals surface area contributed by atoms with Gasteiger partial charge >= 0.3 is 0 Å². The highest BCUT2D eigenvalue weighted by Gasteiger charge is 2.29. The summed E-state index contributed by atoms with van der Waals surface area (Å²) in [7, 11) is 1.61. The molecule has 9 nitrogen and oxygen atoms in total. The molecule has 25 heavy (non-hydrogen) atoms. The van der Waals surface area contributed by atoms with Crippen LogP contribution in [0.5, 0.6) is 0 Å². The van der Waals surface area contributed by atoms with Crippen molar-refractivity contribution in [2.45, 2.75) is 46.4 Å². The second-order valence-electron chi connectivity index (χ2n) is 6.35. The molecule has 9 heteroatoms. The van der Waals surface area contributed by atoms with Crippen molar-refractivity contribution in [3.05, 3.63) is 39.1 Å². The molecule has 2 aromatic heterocycles. The van der Waals surface area contributed by atoms with Crippen molar-refractivity contribution in [1.29, 1.82) is 0 Å². The van der Waals surface area contributed by atoms with Crippen LogP contribution in [0.1, 0.15) is 41.7 Å². The first-order valence-electron chi connectivity index (χ1n) is 8.16. The summed E-state index contributed by atoms with van der Waals surface area (Å²) in [5, 5.41) is 8.31. The number of methoxy groups -OCH3 is 1. The number of carbonyl (C=O) groups is 1. The van der Waals surface area contributed by atoms with Crippen molar-refractivity contribution < 1.29 is 9.53 Å². The maximum Gasteiger partial charge on any atom is 0.254 e. The summed E-state index contributed by atoms with van der Waals surface area (Å²) in [6, 6.07) is 0.0448. The van der Waals surface area contributed by atoms with E-state index in [0.29, 0.717) is 36.8 Å². The van der Waals surface area contributed by atoms with Crippen molar-refractivity contribution >= 4 is 5.91 Å². The van der Waals surface area contributed by atoms with E-state index in [0.717, 1.165) is 11.6 Å². The van der Waals surface area contributed by atoms with Gasteiger partial charge in [-0.05, 0) is 20.8 Å². The number of nitrogens with zero attached hydrogens (tertiary/aromatic N) is 5. The number of ether oxygens (including phenoxy) is 1. The van der Waals surface area contributed by atoms with Crippen LogP contribution >= 0.6 is 0 Å². The predicted molar refractivity (Wildman–Crippen MR) is 88.9 cm³/mol. The van der Waals surface area contributed by atoms with E-state index in [-0.39, 0.29) is 23.9 Å². The number of amides is 1. The maximum absolute atomic E-state index is 12.7. The summed E-state index contributed by atoms with van der Waals surface area (Å²) in [6.07, 6.45) is 0.0280. The van der Waals surface area contributed by atoms with Gasteiger partial charge in [0.25, 0.3) is 5.56 Å². The molecular weight excluding hydrogens is 324 g/mol. The van der Waals surface area contributed by atoms with Crippen LogP contribution in [0, 0.1) is 13.8 Å². The highest BCUT2D eigenvalue weighted by atomic mass is 16.5. The normalized spacial score (nSPS) is 16.8. The molecule has 1 N–H and O–H groups in total. The lowest BCUT2D eigenvalue weighted by atomic mass is 10.1. The van der Waals surface area contributed by atoms with E-state index in [1.165, 1.54) is 0 Å². The van der Waals surface area contributed by atoms with Crippen LogP contribution in [-0.2, 0) is 29.1 Å². The number of hydrogen-bond donors (Lipinski definition) is 1. The van der Waals surface area contributed by atoms with Gasteiger partial charge in [0.2, 0.25) is 5.91 Å². The molecule has 1 atom stereocenters. The molecule has 2 aromatic rings. The Bertz CT molecular complexity index is 856. The second kappa shape index (κ2) is 6.75. The fraction of sp³-hybridized carbons (Fsp3) is 0.562. The molecule has 3 rings (SSSR count). The van der Waals surface area contributed by atoms with Gasteiger partial charge in [-0.1, -0.05) is 0 Å². The minimum atomic E-state index is -0.256. The number of rotatable bonds is 4. The van der Waals surface area contributed by atoms with Crippen molar-refractivity contribution in [2.24, 2.45) is 0 Å². The van der Waals surface area contributed by atoms with Crippen LogP contribution < -0.4 is 5.56 Å². The monoisotopic (exact) mass is 346 g/mol. The number of hydrogen-bond acceptors (Lipinski definition) is 6. The highest BCUT2D eigenvalue weighted by Crippen LogP contribution is 2.22. The van der Waals surface area contributed by atoms with E-state index < -0.39 is 0 Å². The number of aromatic amines is 1. The van der Waals surface area contributed by atoms with Gasteiger partial charge in [0.1, 0.15) is 12.4 Å². The van der Waals surface area contributed by atoms with Gasteiger partial charge in [0, 0.05) is 24.9 Å². The number of nitrogens with one attached hydrogen (secondary N) is 1. The molecule has 134 valence electrons. The van der Waals surface area contributed by atoms with Crippen LogP contribution in [0.25, 0.3) is 0 Å². The average molecular weight is 346 g/mol. The zero-order valence-corrected chi connectivity index (χ0v) is 14.9. The van der Waals surface area contributed by atoms with Gasteiger partial charge in [0.15, 0.2) is 11.6 Å². The lowest BCUT2D eigenvalue weighted by molar-refractivity contribution is -0.132. The van der Waals surface area contributed by atoms with Crippen molar-refractivity contribution in [3.8, 4) is 0 Å². The summed E-state index contributed by atoms with van der Waals surface area (Å²) < 4.78 is 7.15. The van der Waals surface area contributed by atoms with Gasteiger partial charge in [-0.3, -0.25) is 9.59 Å². The van der Waals surface area contributed by atoms with E-state index in [9.17, 15) is 9.59 Å². The molecular formula is C16H22N6O3. The lowest BCUT2D eigenvalue weighted by Crippen LogP contribution is -2.42. The van der Waals surface area contributed by atoms with E-state index in [1.54, 1.807) is 25.9 Å². The van der Waals surface area contributed by atoms with Crippen LogP contribution in [0.4, 0.5) is 0 Å². The molecule has 3 heterocycles. The van der Waals surface area contributed by atoms with Crippen LogP contribution in [0.15, 0.2) is 4.79 Å². The van der Waals surface area contributed by atoms with Gasteiger partial charge < -0.3 is 19.2 Å². The Morgan fingerprint density at radius 1 is 1.36 bits per heavy atom. The standard InChI is InChI=1S/C16H22N6O3/c1-9-6-21(7-13-19-20-14(8-25-4)22(9)13)15(23)5-12-10(2)17-11(3)18-16(12)24/h9H,5-8H2,1-4H3,(H,17,18,24)/t9-/m0/s1. The Labute approximate surface area is 145 Å². The molecule has 0 bridgehead atoms. The maximum atomic E-state index is 12.7. The Morgan fingerprint density at radius 3 is 2.80 bits per heavy atom. The fourth-order valence-electron chi connectivity index (χ4n) is 3.25. The van der Waals surface area contributed by atoms with Gasteiger partial charge in [0.05, 0.1) is 19.0 Å². The van der Waals surface area contributed by atoms with Crippen molar-refractivity contribution in [1.82, 2.24) is 29.6 Å². The predicted octanol–water partition coefficient (Wildman–Crippen LogP) is 0.271. The summed E-state index contributed by atoms with van der Waals surface area (Å²) in [5.41, 5.74) is 0.745. The third kappa shape index (κ3) is 3.32. The minimum Gasteiger partial charge on any atom is -0.377 e. The smallest absolute Gasteiger partial charge is 0.254 e. The number of fused-ring (bicyclic) bond motifs is 1. The first-order chi connectivity index (χ1) is 11.9.